The Morgan fingerprint density at radius 3 is 2.50 bits per heavy atom. The predicted molar refractivity (Wildman–Crippen MR) is 86.0 cm³/mol. The number of anilines is 2. The molecule has 2 aromatic rings. The molecule has 3 rings (SSSR count). The van der Waals surface area contributed by atoms with Crippen LogP contribution in [0.3, 0.4) is 0 Å². The molecule has 0 spiro atoms. The molecule has 0 radical (unpaired) electrons. The number of urea groups is 1. The standard InChI is InChI=1S/C17H15F2N3O2/c18-17(19,12-4-2-1-3-5-12)15(23)21-13-6-7-14-11(10-13)8-9-22(14)16(20)24/h1-7,10H,8-9H2,(H2,20,24)(H,21,23). The van der Waals surface area contributed by atoms with Crippen molar-refractivity contribution in [2.45, 2.75) is 12.3 Å². The lowest BCUT2D eigenvalue weighted by Gasteiger charge is -2.17. The lowest BCUT2D eigenvalue weighted by molar-refractivity contribution is -0.140. The van der Waals surface area contributed by atoms with E-state index in [0.29, 0.717) is 18.7 Å². The van der Waals surface area contributed by atoms with E-state index in [9.17, 15) is 18.4 Å². The summed E-state index contributed by atoms with van der Waals surface area (Å²) in [6.45, 7) is 0.433. The van der Waals surface area contributed by atoms with Crippen molar-refractivity contribution in [3.05, 3.63) is 59.7 Å². The number of nitrogens with zero attached hydrogens (tertiary/aromatic N) is 1. The molecule has 1 aliphatic heterocycles. The molecule has 3 N–H and O–H groups in total. The Balaban J connectivity index is 1.80. The van der Waals surface area contributed by atoms with Crippen LogP contribution in [0.1, 0.15) is 11.1 Å². The highest BCUT2D eigenvalue weighted by Crippen LogP contribution is 2.32. The predicted octanol–water partition coefficient (Wildman–Crippen LogP) is 2.86. The summed E-state index contributed by atoms with van der Waals surface area (Å²) < 4.78 is 28.4. The molecule has 0 aromatic heterocycles. The molecule has 1 heterocycles. The van der Waals surface area contributed by atoms with Gasteiger partial charge in [0.25, 0.3) is 5.91 Å². The first kappa shape index (κ1) is 15.9. The third-order valence-corrected chi connectivity index (χ3v) is 3.92. The first-order chi connectivity index (χ1) is 11.4. The van der Waals surface area contributed by atoms with Crippen LogP contribution in [0.2, 0.25) is 0 Å². The molecular formula is C17H15F2N3O2. The average Bonchev–Trinajstić information content (AvgIpc) is 2.99. The van der Waals surface area contributed by atoms with Gasteiger partial charge < -0.3 is 11.1 Å². The molecule has 0 saturated carbocycles. The molecule has 124 valence electrons. The van der Waals surface area contributed by atoms with Crippen molar-refractivity contribution >= 4 is 23.3 Å². The summed E-state index contributed by atoms with van der Waals surface area (Å²) in [5.41, 5.74) is 6.56. The van der Waals surface area contributed by atoms with Crippen molar-refractivity contribution in [2.24, 2.45) is 5.73 Å². The first-order valence-electron chi connectivity index (χ1n) is 7.34. The zero-order chi connectivity index (χ0) is 17.3. The van der Waals surface area contributed by atoms with Crippen LogP contribution < -0.4 is 16.0 Å². The molecular weight excluding hydrogens is 316 g/mol. The highest BCUT2D eigenvalue weighted by Gasteiger charge is 2.40. The van der Waals surface area contributed by atoms with E-state index in [1.54, 1.807) is 18.2 Å². The molecule has 0 atom stereocenters. The minimum absolute atomic E-state index is 0.251. The van der Waals surface area contributed by atoms with Gasteiger partial charge in [-0.1, -0.05) is 30.3 Å². The number of amides is 3. The maximum absolute atomic E-state index is 14.2. The minimum atomic E-state index is -3.64. The van der Waals surface area contributed by atoms with Crippen LogP contribution in [0.15, 0.2) is 48.5 Å². The number of carbonyl (C=O) groups excluding carboxylic acids is 2. The second-order valence-electron chi connectivity index (χ2n) is 5.48. The van der Waals surface area contributed by atoms with E-state index in [-0.39, 0.29) is 11.3 Å². The Hall–Kier alpha value is -2.96. The van der Waals surface area contributed by atoms with Crippen LogP contribution in [0, 0.1) is 0 Å². The number of primary amides is 1. The number of nitrogens with one attached hydrogen (secondary N) is 1. The molecule has 0 unspecified atom stereocenters. The van der Waals surface area contributed by atoms with Gasteiger partial charge in [-0.2, -0.15) is 8.78 Å². The zero-order valence-electron chi connectivity index (χ0n) is 12.6. The summed E-state index contributed by atoms with van der Waals surface area (Å²) in [6.07, 6.45) is 0.553. The number of fused-ring (bicyclic) bond motifs is 1. The van der Waals surface area contributed by atoms with Crippen LogP contribution >= 0.6 is 0 Å². The van der Waals surface area contributed by atoms with Crippen molar-refractivity contribution in [2.75, 3.05) is 16.8 Å². The number of hydrogen-bond donors (Lipinski definition) is 2. The van der Waals surface area contributed by atoms with Crippen LogP contribution in [0.25, 0.3) is 0 Å². The van der Waals surface area contributed by atoms with E-state index in [0.717, 1.165) is 5.56 Å². The molecule has 3 amide bonds. The number of nitrogens with two attached hydrogens (primary N) is 1. The fourth-order valence-corrected chi connectivity index (χ4v) is 2.70. The van der Waals surface area contributed by atoms with Crippen molar-refractivity contribution in [1.82, 2.24) is 0 Å². The average molecular weight is 331 g/mol. The smallest absolute Gasteiger partial charge is 0.350 e. The van der Waals surface area contributed by atoms with Gasteiger partial charge in [-0.3, -0.25) is 9.69 Å². The zero-order valence-corrected chi connectivity index (χ0v) is 12.6. The molecule has 2 aromatic carbocycles. The van der Waals surface area contributed by atoms with Gasteiger partial charge in [-0.15, -0.1) is 0 Å². The summed E-state index contributed by atoms with van der Waals surface area (Å²) in [5.74, 6) is -5.04. The molecule has 0 saturated heterocycles. The molecule has 1 aliphatic rings. The second-order valence-corrected chi connectivity index (χ2v) is 5.48. The van der Waals surface area contributed by atoms with Gasteiger partial charge in [0.2, 0.25) is 0 Å². The van der Waals surface area contributed by atoms with Gasteiger partial charge in [0.15, 0.2) is 0 Å². The van der Waals surface area contributed by atoms with E-state index >= 15 is 0 Å². The largest absolute Gasteiger partial charge is 0.351 e. The molecule has 5 nitrogen and oxygen atoms in total. The fourth-order valence-electron chi connectivity index (χ4n) is 2.70. The van der Waals surface area contributed by atoms with Gasteiger partial charge in [0.1, 0.15) is 0 Å². The van der Waals surface area contributed by atoms with Gasteiger partial charge in [0.05, 0.1) is 0 Å². The number of halogens is 2. The highest BCUT2D eigenvalue weighted by molar-refractivity contribution is 5.98. The number of hydrogen-bond acceptors (Lipinski definition) is 2. The first-order valence-corrected chi connectivity index (χ1v) is 7.34. The lowest BCUT2D eigenvalue weighted by Crippen LogP contribution is -2.34. The van der Waals surface area contributed by atoms with Crippen molar-refractivity contribution < 1.29 is 18.4 Å². The highest BCUT2D eigenvalue weighted by atomic mass is 19.3. The van der Waals surface area contributed by atoms with Crippen molar-refractivity contribution in [1.29, 1.82) is 0 Å². The van der Waals surface area contributed by atoms with E-state index in [2.05, 4.69) is 5.32 Å². The Bertz CT molecular complexity index is 794. The van der Waals surface area contributed by atoms with E-state index in [4.69, 9.17) is 5.73 Å². The molecule has 7 heteroatoms. The topological polar surface area (TPSA) is 75.4 Å². The van der Waals surface area contributed by atoms with E-state index < -0.39 is 17.9 Å². The number of alkyl halides is 2. The van der Waals surface area contributed by atoms with Crippen LogP contribution in [0.4, 0.5) is 25.0 Å². The van der Waals surface area contributed by atoms with Crippen LogP contribution in [0.5, 0.6) is 0 Å². The van der Waals surface area contributed by atoms with Gasteiger partial charge in [-0.25, -0.2) is 4.79 Å². The molecule has 24 heavy (non-hydrogen) atoms. The summed E-state index contributed by atoms with van der Waals surface area (Å²) in [5, 5.41) is 2.23. The van der Waals surface area contributed by atoms with Crippen molar-refractivity contribution in [3.63, 3.8) is 0 Å². The lowest BCUT2D eigenvalue weighted by atomic mass is 10.1. The molecule has 0 bridgehead atoms. The number of benzene rings is 2. The normalized spacial score (nSPS) is 13.5. The number of rotatable bonds is 3. The SMILES string of the molecule is NC(=O)N1CCc2cc(NC(=O)C(F)(F)c3ccccc3)ccc21. The summed E-state index contributed by atoms with van der Waals surface area (Å²) in [7, 11) is 0. The van der Waals surface area contributed by atoms with Gasteiger partial charge in [0, 0.05) is 23.5 Å². The van der Waals surface area contributed by atoms with Gasteiger partial charge in [-0.05, 0) is 30.2 Å². The third kappa shape index (κ3) is 2.80. The maximum Gasteiger partial charge on any atom is 0.350 e. The summed E-state index contributed by atoms with van der Waals surface area (Å²) >= 11 is 0. The Labute approximate surface area is 137 Å². The van der Waals surface area contributed by atoms with Crippen molar-refractivity contribution in [3.8, 4) is 0 Å². The van der Waals surface area contributed by atoms with E-state index in [1.165, 1.54) is 35.2 Å². The molecule has 0 fully saturated rings. The minimum Gasteiger partial charge on any atom is -0.351 e. The monoisotopic (exact) mass is 331 g/mol. The van der Waals surface area contributed by atoms with Gasteiger partial charge >= 0.3 is 12.0 Å². The van der Waals surface area contributed by atoms with Crippen LogP contribution in [-0.2, 0) is 17.1 Å². The Morgan fingerprint density at radius 1 is 1.12 bits per heavy atom. The summed E-state index contributed by atoms with van der Waals surface area (Å²) in [4.78, 5) is 24.7. The third-order valence-electron chi connectivity index (χ3n) is 3.92. The second kappa shape index (κ2) is 5.92. The van der Waals surface area contributed by atoms with E-state index in [1.807, 2.05) is 0 Å². The van der Waals surface area contributed by atoms with Crippen LogP contribution in [-0.4, -0.2) is 18.5 Å². The maximum atomic E-state index is 14.2. The number of carbonyl (C=O) groups is 2. The Morgan fingerprint density at radius 2 is 1.83 bits per heavy atom. The Kier molecular flexibility index (Phi) is 3.92. The fraction of sp³-hybridized carbons (Fsp3) is 0.176. The quantitative estimate of drug-likeness (QED) is 0.907. The summed E-state index contributed by atoms with van der Waals surface area (Å²) in [6, 6.07) is 11.0. The molecule has 0 aliphatic carbocycles.